The van der Waals surface area contributed by atoms with Crippen LogP contribution in [0.3, 0.4) is 0 Å². The lowest BCUT2D eigenvalue weighted by atomic mass is 9.46. The second-order valence-corrected chi connectivity index (χ2v) is 14.4. The Bertz CT molecular complexity index is 757. The molecule has 2 nitrogen and oxygen atoms in total. The minimum atomic E-state index is -0.114. The van der Waals surface area contributed by atoms with E-state index in [9.17, 15) is 4.79 Å². The Morgan fingerprint density at radius 3 is 2.39 bits per heavy atom. The largest absolute Gasteiger partial charge is 0.372 e. The molecule has 0 aromatic carbocycles. The van der Waals surface area contributed by atoms with E-state index < -0.39 is 0 Å². The topological polar surface area (TPSA) is 26.3 Å². The molecule has 33 heavy (non-hydrogen) atoms. The molecule has 2 heteroatoms. The van der Waals surface area contributed by atoms with Crippen molar-refractivity contribution in [3.05, 3.63) is 11.6 Å². The van der Waals surface area contributed by atoms with Gasteiger partial charge in [0.2, 0.25) is 0 Å². The molecular formula is C31H52O2. The van der Waals surface area contributed by atoms with Crippen molar-refractivity contribution in [3.63, 3.8) is 0 Å². The minimum absolute atomic E-state index is 0.114. The van der Waals surface area contributed by atoms with Gasteiger partial charge in [0.15, 0.2) is 5.78 Å². The first-order valence-electron chi connectivity index (χ1n) is 14.3. The van der Waals surface area contributed by atoms with E-state index in [2.05, 4.69) is 61.5 Å². The van der Waals surface area contributed by atoms with E-state index in [0.29, 0.717) is 23.0 Å². The molecule has 0 aliphatic heterocycles. The summed E-state index contributed by atoms with van der Waals surface area (Å²) in [6.45, 7) is 18.7. The number of carbonyl (C=O) groups excluding carboxylic acids is 1. The van der Waals surface area contributed by atoms with Crippen LogP contribution in [-0.2, 0) is 9.53 Å². The van der Waals surface area contributed by atoms with Crippen molar-refractivity contribution >= 4 is 5.78 Å². The molecule has 0 saturated heterocycles. The van der Waals surface area contributed by atoms with Gasteiger partial charge < -0.3 is 4.74 Å². The third-order valence-corrected chi connectivity index (χ3v) is 10.6. The van der Waals surface area contributed by atoms with Gasteiger partial charge in [0.05, 0.1) is 11.7 Å². The predicted octanol–water partition coefficient (Wildman–Crippen LogP) is 8.39. The zero-order valence-corrected chi connectivity index (χ0v) is 23.0. The number of ether oxygens (including phenoxy) is 1. The minimum Gasteiger partial charge on any atom is -0.372 e. The summed E-state index contributed by atoms with van der Waals surface area (Å²) in [5.74, 6) is 4.29. The van der Waals surface area contributed by atoms with E-state index in [1.807, 2.05) is 0 Å². The molecule has 0 bridgehead atoms. The molecule has 4 aliphatic rings. The maximum Gasteiger partial charge on any atom is 0.159 e. The molecule has 3 fully saturated rings. The molecule has 3 saturated carbocycles. The number of hydrogen-bond acceptors (Lipinski definition) is 2. The zero-order chi connectivity index (χ0) is 24.2. The molecule has 0 unspecified atom stereocenters. The third-order valence-electron chi connectivity index (χ3n) is 10.6. The summed E-state index contributed by atoms with van der Waals surface area (Å²) in [6, 6.07) is 0. The van der Waals surface area contributed by atoms with Crippen LogP contribution < -0.4 is 0 Å². The van der Waals surface area contributed by atoms with E-state index in [4.69, 9.17) is 4.74 Å². The molecule has 4 aliphatic carbocycles. The van der Waals surface area contributed by atoms with Crippen LogP contribution in [0, 0.1) is 46.3 Å². The maximum absolute atomic E-state index is 13.7. The molecule has 188 valence electrons. The summed E-state index contributed by atoms with van der Waals surface area (Å²) in [5.41, 5.74) is 1.87. The van der Waals surface area contributed by atoms with Crippen molar-refractivity contribution < 1.29 is 9.53 Å². The van der Waals surface area contributed by atoms with Gasteiger partial charge in [0.25, 0.3) is 0 Å². The van der Waals surface area contributed by atoms with Crippen LogP contribution in [0.1, 0.15) is 120 Å². The highest BCUT2D eigenvalue weighted by Gasteiger charge is 2.61. The quantitative estimate of drug-likeness (QED) is 0.401. The first kappa shape index (κ1) is 25.5. The van der Waals surface area contributed by atoms with Crippen molar-refractivity contribution in [2.45, 2.75) is 131 Å². The smallest absolute Gasteiger partial charge is 0.159 e. The average Bonchev–Trinajstić information content (AvgIpc) is 3.05. The van der Waals surface area contributed by atoms with Gasteiger partial charge in [-0.05, 0) is 112 Å². The van der Waals surface area contributed by atoms with Crippen molar-refractivity contribution in [3.8, 4) is 0 Å². The second-order valence-electron chi connectivity index (χ2n) is 14.4. The lowest BCUT2D eigenvalue weighted by Crippen LogP contribution is -2.54. The summed E-state index contributed by atoms with van der Waals surface area (Å²) < 4.78 is 6.36. The highest BCUT2D eigenvalue weighted by Crippen LogP contribution is 2.66. The van der Waals surface area contributed by atoms with E-state index in [0.717, 1.165) is 30.6 Å². The van der Waals surface area contributed by atoms with Crippen molar-refractivity contribution in [1.82, 2.24) is 0 Å². The number of allylic oxidation sites excluding steroid dienone is 1. The Kier molecular flexibility index (Phi) is 7.03. The van der Waals surface area contributed by atoms with Crippen LogP contribution in [0.2, 0.25) is 0 Å². The summed E-state index contributed by atoms with van der Waals surface area (Å²) in [6.07, 6.45) is 14.9. The van der Waals surface area contributed by atoms with Crippen LogP contribution in [0.5, 0.6) is 0 Å². The van der Waals surface area contributed by atoms with Crippen molar-refractivity contribution in [2.75, 3.05) is 0 Å². The summed E-state index contributed by atoms with van der Waals surface area (Å²) in [7, 11) is 0. The highest BCUT2D eigenvalue weighted by atomic mass is 16.5. The van der Waals surface area contributed by atoms with E-state index >= 15 is 0 Å². The Morgan fingerprint density at radius 2 is 1.73 bits per heavy atom. The highest BCUT2D eigenvalue weighted by molar-refractivity contribution is 5.94. The van der Waals surface area contributed by atoms with Crippen LogP contribution in [-0.4, -0.2) is 17.5 Å². The molecule has 4 rings (SSSR count). The molecule has 0 spiro atoms. The fraction of sp³-hybridized carbons (Fsp3) is 0.903. The molecule has 0 amide bonds. The maximum atomic E-state index is 13.7. The number of fused-ring (bicyclic) bond motifs is 5. The lowest BCUT2D eigenvalue weighted by Gasteiger charge is -2.58. The lowest BCUT2D eigenvalue weighted by molar-refractivity contribution is -0.137. The SMILES string of the molecule is CC(C)CCC[C@H](C)[C@H]1CC[C@@H]2[C@@H]3C(=O)C=C4C[C@H](OC(C)(C)C)CC[C@]4(C)[C@H]3CC[C@@]21C. The third kappa shape index (κ3) is 4.76. The van der Waals surface area contributed by atoms with E-state index in [1.54, 1.807) is 0 Å². The fourth-order valence-electron chi connectivity index (χ4n) is 8.99. The molecule has 0 aromatic heterocycles. The van der Waals surface area contributed by atoms with Gasteiger partial charge in [-0.3, -0.25) is 4.79 Å². The first-order valence-corrected chi connectivity index (χ1v) is 14.3. The molecular weight excluding hydrogens is 404 g/mol. The monoisotopic (exact) mass is 456 g/mol. The van der Waals surface area contributed by atoms with Crippen LogP contribution in [0.25, 0.3) is 0 Å². The Labute approximate surface area is 204 Å². The van der Waals surface area contributed by atoms with Gasteiger partial charge in [0, 0.05) is 5.92 Å². The van der Waals surface area contributed by atoms with Gasteiger partial charge in [-0.2, -0.15) is 0 Å². The van der Waals surface area contributed by atoms with E-state index in [-0.39, 0.29) is 23.0 Å². The number of carbonyl (C=O) groups is 1. The van der Waals surface area contributed by atoms with Crippen LogP contribution in [0.4, 0.5) is 0 Å². The molecule has 0 aromatic rings. The van der Waals surface area contributed by atoms with Crippen LogP contribution >= 0.6 is 0 Å². The predicted molar refractivity (Wildman–Crippen MR) is 138 cm³/mol. The van der Waals surface area contributed by atoms with Crippen molar-refractivity contribution in [1.29, 1.82) is 0 Å². The first-order chi connectivity index (χ1) is 15.3. The van der Waals surface area contributed by atoms with Crippen molar-refractivity contribution in [2.24, 2.45) is 46.3 Å². The molecule has 0 N–H and O–H groups in total. The Hall–Kier alpha value is -0.630. The standard InChI is InChI=1S/C31H52O2/c1-20(2)10-9-11-21(3)24-12-13-25-28-26(15-17-31(24,25)8)30(7)16-14-23(33-29(4,5)6)18-22(30)19-27(28)32/h19-21,23-26,28H,9-18H2,1-8H3/t21-,23+,24+,25+,26-,28-,30-,31+/m0/s1. The number of ketones is 1. The fourth-order valence-corrected chi connectivity index (χ4v) is 8.99. The zero-order valence-electron chi connectivity index (χ0n) is 23.0. The normalized spacial score (nSPS) is 41.9. The second kappa shape index (κ2) is 9.11. The number of hydrogen-bond donors (Lipinski definition) is 0. The Morgan fingerprint density at radius 1 is 1.00 bits per heavy atom. The summed E-state index contributed by atoms with van der Waals surface area (Å²) >= 11 is 0. The molecule has 0 radical (unpaired) electrons. The van der Waals surface area contributed by atoms with Gasteiger partial charge in [0.1, 0.15) is 0 Å². The average molecular weight is 457 g/mol. The molecule has 8 atom stereocenters. The number of rotatable bonds is 6. The summed E-state index contributed by atoms with van der Waals surface area (Å²) in [5, 5.41) is 0. The van der Waals surface area contributed by atoms with Gasteiger partial charge >= 0.3 is 0 Å². The molecule has 0 heterocycles. The Balaban J connectivity index is 1.51. The van der Waals surface area contributed by atoms with Gasteiger partial charge in [-0.25, -0.2) is 0 Å². The van der Waals surface area contributed by atoms with Gasteiger partial charge in [-0.15, -0.1) is 0 Å². The van der Waals surface area contributed by atoms with E-state index in [1.165, 1.54) is 56.9 Å². The van der Waals surface area contributed by atoms with Crippen LogP contribution in [0.15, 0.2) is 11.6 Å². The van der Waals surface area contributed by atoms with Gasteiger partial charge in [-0.1, -0.05) is 59.5 Å². The summed E-state index contributed by atoms with van der Waals surface area (Å²) in [4.78, 5) is 13.7.